The number of carbonyl (C=O) groups excluding carboxylic acids is 1. The lowest BCUT2D eigenvalue weighted by atomic mass is 9.98. The van der Waals surface area contributed by atoms with Crippen molar-refractivity contribution in [2.24, 2.45) is 5.73 Å². The van der Waals surface area contributed by atoms with Crippen LogP contribution in [0.1, 0.15) is 27.0 Å². The number of fused-ring (bicyclic) bond motifs is 1. The highest BCUT2D eigenvalue weighted by atomic mass is 16.5. The molecule has 0 aliphatic rings. The van der Waals surface area contributed by atoms with Gasteiger partial charge in [-0.1, -0.05) is 0 Å². The van der Waals surface area contributed by atoms with E-state index in [1.807, 2.05) is 32.0 Å². The van der Waals surface area contributed by atoms with Gasteiger partial charge in [0.15, 0.2) is 5.78 Å². The van der Waals surface area contributed by atoms with E-state index >= 15 is 0 Å². The average Bonchev–Trinajstić information content (AvgIpc) is 3.11. The van der Waals surface area contributed by atoms with Crippen LogP contribution in [0, 0.1) is 13.8 Å². The van der Waals surface area contributed by atoms with Crippen LogP contribution in [0.5, 0.6) is 11.5 Å². The van der Waals surface area contributed by atoms with Gasteiger partial charge in [-0.3, -0.25) is 4.79 Å². The highest BCUT2D eigenvalue weighted by Crippen LogP contribution is 2.30. The fourth-order valence-corrected chi connectivity index (χ4v) is 3.53. The highest BCUT2D eigenvalue weighted by Gasteiger charge is 2.26. The van der Waals surface area contributed by atoms with Crippen LogP contribution in [0.3, 0.4) is 0 Å². The van der Waals surface area contributed by atoms with Crippen molar-refractivity contribution in [1.82, 2.24) is 4.57 Å². The van der Waals surface area contributed by atoms with Gasteiger partial charge in [-0.15, -0.1) is 0 Å². The summed E-state index contributed by atoms with van der Waals surface area (Å²) in [5.74, 6) is 1.13. The number of nitrogens with zero attached hydrogens (tertiary/aromatic N) is 1. The summed E-state index contributed by atoms with van der Waals surface area (Å²) in [4.78, 5) is 13.4. The van der Waals surface area contributed by atoms with E-state index in [2.05, 4.69) is 0 Å². The summed E-state index contributed by atoms with van der Waals surface area (Å²) in [5, 5.41) is 20.0. The Morgan fingerprint density at radius 2 is 1.80 bits per heavy atom. The molecule has 1 heterocycles. The van der Waals surface area contributed by atoms with Crippen molar-refractivity contribution in [3.05, 3.63) is 58.8 Å². The maximum Gasteiger partial charge on any atom is 0.195 e. The first-order chi connectivity index (χ1) is 14.3. The number of aliphatic hydroxyl groups is 2. The van der Waals surface area contributed by atoms with Gasteiger partial charge in [0.2, 0.25) is 0 Å². The number of aromatic nitrogens is 1. The molecule has 2 aromatic carbocycles. The van der Waals surface area contributed by atoms with Gasteiger partial charge in [-0.2, -0.15) is 0 Å². The Bertz CT molecular complexity index is 1080. The van der Waals surface area contributed by atoms with Crippen molar-refractivity contribution in [3.8, 4) is 11.5 Å². The number of rotatable bonds is 8. The van der Waals surface area contributed by atoms with Gasteiger partial charge in [0.1, 0.15) is 11.5 Å². The van der Waals surface area contributed by atoms with E-state index in [4.69, 9.17) is 15.2 Å². The monoisotopic (exact) mass is 412 g/mol. The Morgan fingerprint density at radius 3 is 2.40 bits per heavy atom. The van der Waals surface area contributed by atoms with E-state index in [9.17, 15) is 15.0 Å². The molecule has 7 heteroatoms. The number of ether oxygens (including phenoxy) is 2. The first kappa shape index (κ1) is 21.8. The molecule has 3 aromatic rings. The zero-order valence-corrected chi connectivity index (χ0v) is 17.7. The topological polar surface area (TPSA) is 107 Å². The third-order valence-electron chi connectivity index (χ3n) is 5.55. The van der Waals surface area contributed by atoms with Crippen molar-refractivity contribution < 1.29 is 24.5 Å². The molecule has 160 valence electrons. The number of carbonyl (C=O) groups is 1. The van der Waals surface area contributed by atoms with Crippen molar-refractivity contribution in [2.75, 3.05) is 27.4 Å². The lowest BCUT2D eigenvalue weighted by Crippen LogP contribution is -2.50. The molecule has 0 fully saturated rings. The number of aliphatic hydroxyl groups excluding tert-OH is 2. The Morgan fingerprint density at radius 1 is 1.10 bits per heavy atom. The molecule has 0 unspecified atom stereocenters. The third-order valence-corrected chi connectivity index (χ3v) is 5.55. The Kier molecular flexibility index (Phi) is 6.17. The molecule has 1 aromatic heterocycles. The zero-order valence-electron chi connectivity index (χ0n) is 17.7. The summed E-state index contributed by atoms with van der Waals surface area (Å²) in [5.41, 5.74) is 8.58. The number of ketones is 1. The third kappa shape index (κ3) is 3.92. The minimum atomic E-state index is -1.22. The molecular formula is C23H28N2O5. The smallest absolute Gasteiger partial charge is 0.195 e. The van der Waals surface area contributed by atoms with Gasteiger partial charge < -0.3 is 30.0 Å². The number of nitrogens with two attached hydrogens (primary N) is 1. The summed E-state index contributed by atoms with van der Waals surface area (Å²) in [6.07, 6.45) is 1.71. The molecule has 0 radical (unpaired) electrons. The van der Waals surface area contributed by atoms with E-state index in [0.29, 0.717) is 22.6 Å². The van der Waals surface area contributed by atoms with Gasteiger partial charge >= 0.3 is 0 Å². The molecule has 0 saturated heterocycles. The van der Waals surface area contributed by atoms with Gasteiger partial charge in [-0.25, -0.2) is 0 Å². The Labute approximate surface area is 175 Å². The van der Waals surface area contributed by atoms with Crippen LogP contribution in [0.2, 0.25) is 0 Å². The van der Waals surface area contributed by atoms with Gasteiger partial charge in [-0.05, 0) is 49.2 Å². The van der Waals surface area contributed by atoms with Crippen LogP contribution >= 0.6 is 0 Å². The zero-order chi connectivity index (χ0) is 22.1. The molecule has 0 aliphatic carbocycles. The van der Waals surface area contributed by atoms with Gasteiger partial charge in [0, 0.05) is 35.3 Å². The number of benzene rings is 2. The van der Waals surface area contributed by atoms with E-state index in [1.54, 1.807) is 37.1 Å². The molecule has 0 atom stereocenters. The van der Waals surface area contributed by atoms with Crippen LogP contribution in [-0.4, -0.2) is 53.5 Å². The molecule has 0 spiro atoms. The van der Waals surface area contributed by atoms with E-state index in [1.165, 1.54) is 0 Å². The van der Waals surface area contributed by atoms with E-state index < -0.39 is 18.8 Å². The predicted molar refractivity (Wildman–Crippen MR) is 115 cm³/mol. The minimum absolute atomic E-state index is 0.132. The van der Waals surface area contributed by atoms with Gasteiger partial charge in [0.05, 0.1) is 38.5 Å². The van der Waals surface area contributed by atoms with Crippen LogP contribution < -0.4 is 15.2 Å². The molecule has 0 aliphatic heterocycles. The van der Waals surface area contributed by atoms with Crippen molar-refractivity contribution in [1.29, 1.82) is 0 Å². The predicted octanol–water partition coefficient (Wildman–Crippen LogP) is 2.19. The summed E-state index contributed by atoms with van der Waals surface area (Å²) >= 11 is 0. The second-order valence-electron chi connectivity index (χ2n) is 7.68. The Balaban J connectivity index is 2.17. The number of aryl methyl sites for hydroxylation is 1. The first-order valence-electron chi connectivity index (χ1n) is 9.64. The number of hydrogen-bond donors (Lipinski definition) is 3. The average molecular weight is 412 g/mol. The molecule has 0 bridgehead atoms. The number of hydrogen-bond acceptors (Lipinski definition) is 6. The lowest BCUT2D eigenvalue weighted by Gasteiger charge is -2.25. The summed E-state index contributed by atoms with van der Waals surface area (Å²) in [7, 11) is 3.15. The maximum absolute atomic E-state index is 13.4. The van der Waals surface area contributed by atoms with Crippen molar-refractivity contribution >= 4 is 16.7 Å². The summed E-state index contributed by atoms with van der Waals surface area (Å²) in [6, 6.07) is 9.01. The first-order valence-corrected chi connectivity index (χ1v) is 9.64. The van der Waals surface area contributed by atoms with Crippen molar-refractivity contribution in [3.63, 3.8) is 0 Å². The molecule has 30 heavy (non-hydrogen) atoms. The maximum atomic E-state index is 13.4. The Hall–Kier alpha value is -2.87. The van der Waals surface area contributed by atoms with Crippen LogP contribution in [0.4, 0.5) is 0 Å². The van der Waals surface area contributed by atoms with Crippen molar-refractivity contribution in [2.45, 2.75) is 25.9 Å². The molecular weight excluding hydrogens is 384 g/mol. The SMILES string of the molecule is COc1ccc2c(C(=O)c3cc(C)c(C)c(OC)c3)cn(CC(N)(CO)CO)c2c1. The standard InChI is InChI=1S/C23H28N2O5/c1-14-7-16(8-21(30-4)15(14)2)22(28)19-10-25(11-23(24,12-26)13-27)20-9-17(29-3)5-6-18(19)20/h5-10,26-27H,11-13,24H2,1-4H3. The normalized spacial score (nSPS) is 11.7. The minimum Gasteiger partial charge on any atom is -0.497 e. The quantitative estimate of drug-likeness (QED) is 0.490. The van der Waals surface area contributed by atoms with E-state index in [-0.39, 0.29) is 12.3 Å². The lowest BCUT2D eigenvalue weighted by molar-refractivity contribution is 0.103. The van der Waals surface area contributed by atoms with Crippen LogP contribution in [0.25, 0.3) is 10.9 Å². The molecule has 0 saturated carbocycles. The fourth-order valence-electron chi connectivity index (χ4n) is 3.53. The molecule has 3 rings (SSSR count). The largest absolute Gasteiger partial charge is 0.497 e. The highest BCUT2D eigenvalue weighted by molar-refractivity contribution is 6.16. The van der Waals surface area contributed by atoms with Gasteiger partial charge in [0.25, 0.3) is 0 Å². The van der Waals surface area contributed by atoms with Crippen LogP contribution in [0.15, 0.2) is 36.5 Å². The second kappa shape index (κ2) is 8.47. The fraction of sp³-hybridized carbons (Fsp3) is 0.348. The number of methoxy groups -OCH3 is 2. The van der Waals surface area contributed by atoms with E-state index in [0.717, 1.165) is 22.0 Å². The molecule has 7 nitrogen and oxygen atoms in total. The summed E-state index contributed by atoms with van der Waals surface area (Å²) in [6.45, 7) is 3.22. The summed E-state index contributed by atoms with van der Waals surface area (Å²) < 4.78 is 12.5. The molecule has 0 amide bonds. The van der Waals surface area contributed by atoms with Crippen LogP contribution in [-0.2, 0) is 6.54 Å². The molecule has 4 N–H and O–H groups in total. The second-order valence-corrected chi connectivity index (χ2v) is 7.68.